The van der Waals surface area contributed by atoms with Crippen molar-refractivity contribution in [1.29, 1.82) is 0 Å². The van der Waals surface area contributed by atoms with E-state index in [2.05, 4.69) is 5.32 Å². The SMILES string of the molecule is CCOc1cc(/C=C2/NC(=O)N(Cc3ccc(F)cc3)C2=O)cc(Cl)c1OCc1ccccc1F. The first-order chi connectivity index (χ1) is 16.9. The minimum absolute atomic E-state index is 0.00391. The van der Waals surface area contributed by atoms with E-state index in [1.54, 1.807) is 37.3 Å². The molecular weight excluding hydrogens is 478 g/mol. The summed E-state index contributed by atoms with van der Waals surface area (Å²) in [4.78, 5) is 26.2. The topological polar surface area (TPSA) is 67.9 Å². The van der Waals surface area contributed by atoms with Gasteiger partial charge >= 0.3 is 6.03 Å². The maximum atomic E-state index is 13.9. The van der Waals surface area contributed by atoms with Crippen molar-refractivity contribution in [1.82, 2.24) is 10.2 Å². The van der Waals surface area contributed by atoms with Gasteiger partial charge in [-0.25, -0.2) is 13.6 Å². The number of halogens is 3. The Labute approximate surface area is 205 Å². The average Bonchev–Trinajstić information content (AvgIpc) is 3.08. The van der Waals surface area contributed by atoms with Crippen LogP contribution >= 0.6 is 11.6 Å². The molecule has 0 aliphatic carbocycles. The zero-order valence-electron chi connectivity index (χ0n) is 18.7. The molecule has 9 heteroatoms. The van der Waals surface area contributed by atoms with Gasteiger partial charge in [-0.2, -0.15) is 0 Å². The third-order valence-corrected chi connectivity index (χ3v) is 5.47. The van der Waals surface area contributed by atoms with Gasteiger partial charge in [-0.1, -0.05) is 41.9 Å². The van der Waals surface area contributed by atoms with Gasteiger partial charge < -0.3 is 14.8 Å². The summed E-state index contributed by atoms with van der Waals surface area (Å²) in [6.07, 6.45) is 1.47. The van der Waals surface area contributed by atoms with Crippen LogP contribution in [0.1, 0.15) is 23.6 Å². The fraction of sp³-hybridized carbons (Fsp3) is 0.154. The Kier molecular flexibility index (Phi) is 7.31. The molecule has 6 nitrogen and oxygen atoms in total. The number of urea groups is 1. The first kappa shape index (κ1) is 24.2. The molecule has 3 aromatic rings. The molecule has 1 fully saturated rings. The van der Waals surface area contributed by atoms with Crippen molar-refractivity contribution < 1.29 is 27.8 Å². The van der Waals surface area contributed by atoms with Gasteiger partial charge in [-0.05, 0) is 54.5 Å². The zero-order chi connectivity index (χ0) is 24.9. The molecule has 0 saturated carbocycles. The minimum atomic E-state index is -0.591. The van der Waals surface area contributed by atoms with Crippen LogP contribution in [0.3, 0.4) is 0 Å². The van der Waals surface area contributed by atoms with E-state index >= 15 is 0 Å². The number of carbonyl (C=O) groups excluding carboxylic acids is 2. The molecule has 3 amide bonds. The van der Waals surface area contributed by atoms with Gasteiger partial charge in [0.2, 0.25) is 0 Å². The molecule has 180 valence electrons. The Morgan fingerprint density at radius 3 is 2.49 bits per heavy atom. The monoisotopic (exact) mass is 498 g/mol. The van der Waals surface area contributed by atoms with Gasteiger partial charge in [-0.15, -0.1) is 0 Å². The van der Waals surface area contributed by atoms with Crippen molar-refractivity contribution in [3.05, 3.63) is 99.7 Å². The Balaban J connectivity index is 1.55. The van der Waals surface area contributed by atoms with Crippen molar-refractivity contribution in [3.63, 3.8) is 0 Å². The summed E-state index contributed by atoms with van der Waals surface area (Å²) >= 11 is 6.43. The lowest BCUT2D eigenvalue weighted by atomic mass is 10.1. The number of hydrogen-bond acceptors (Lipinski definition) is 4. The van der Waals surface area contributed by atoms with Gasteiger partial charge in [0.1, 0.15) is 23.9 Å². The summed E-state index contributed by atoms with van der Waals surface area (Å²) in [6.45, 7) is 2.04. The second kappa shape index (κ2) is 10.6. The highest BCUT2D eigenvalue weighted by Gasteiger charge is 2.33. The van der Waals surface area contributed by atoms with Gasteiger partial charge in [-0.3, -0.25) is 9.69 Å². The largest absolute Gasteiger partial charge is 0.490 e. The van der Waals surface area contributed by atoms with Crippen LogP contribution in [0, 0.1) is 11.6 Å². The molecule has 3 aromatic carbocycles. The first-order valence-corrected chi connectivity index (χ1v) is 11.1. The number of imide groups is 1. The van der Waals surface area contributed by atoms with E-state index in [9.17, 15) is 18.4 Å². The number of hydrogen-bond donors (Lipinski definition) is 1. The number of nitrogens with zero attached hydrogens (tertiary/aromatic N) is 1. The summed E-state index contributed by atoms with van der Waals surface area (Å²) < 4.78 is 38.5. The van der Waals surface area contributed by atoms with Crippen LogP contribution < -0.4 is 14.8 Å². The molecule has 0 unspecified atom stereocenters. The van der Waals surface area contributed by atoms with Gasteiger partial charge in [0.05, 0.1) is 18.2 Å². The minimum Gasteiger partial charge on any atom is -0.490 e. The quantitative estimate of drug-likeness (QED) is 0.320. The van der Waals surface area contributed by atoms with Crippen LogP contribution in [0.4, 0.5) is 13.6 Å². The predicted molar refractivity (Wildman–Crippen MR) is 127 cm³/mol. The van der Waals surface area contributed by atoms with E-state index in [1.165, 1.54) is 36.4 Å². The van der Waals surface area contributed by atoms with Crippen molar-refractivity contribution >= 4 is 29.6 Å². The fourth-order valence-electron chi connectivity index (χ4n) is 3.49. The van der Waals surface area contributed by atoms with E-state index < -0.39 is 23.6 Å². The van der Waals surface area contributed by atoms with Crippen LogP contribution in [-0.2, 0) is 17.9 Å². The third kappa shape index (κ3) is 5.60. The second-order valence-corrected chi connectivity index (χ2v) is 8.06. The van der Waals surface area contributed by atoms with E-state index in [-0.39, 0.29) is 29.6 Å². The van der Waals surface area contributed by atoms with E-state index in [4.69, 9.17) is 21.1 Å². The number of carbonyl (C=O) groups is 2. The number of nitrogens with one attached hydrogen (secondary N) is 1. The molecule has 1 N–H and O–H groups in total. The molecule has 1 aliphatic rings. The molecule has 0 radical (unpaired) electrons. The number of rotatable bonds is 8. The zero-order valence-corrected chi connectivity index (χ0v) is 19.4. The van der Waals surface area contributed by atoms with Gasteiger partial charge in [0.25, 0.3) is 5.91 Å². The third-order valence-electron chi connectivity index (χ3n) is 5.19. The fourth-order valence-corrected chi connectivity index (χ4v) is 3.77. The molecule has 0 atom stereocenters. The molecule has 0 spiro atoms. The van der Waals surface area contributed by atoms with Crippen molar-refractivity contribution in [2.75, 3.05) is 6.61 Å². The number of benzene rings is 3. The van der Waals surface area contributed by atoms with Crippen LogP contribution in [-0.4, -0.2) is 23.4 Å². The van der Waals surface area contributed by atoms with E-state index in [0.29, 0.717) is 29.0 Å². The van der Waals surface area contributed by atoms with Crippen LogP contribution in [0.15, 0.2) is 66.4 Å². The van der Waals surface area contributed by atoms with Crippen molar-refractivity contribution in [2.45, 2.75) is 20.1 Å². The molecular formula is C26H21ClF2N2O4. The lowest BCUT2D eigenvalue weighted by Gasteiger charge is -2.15. The lowest BCUT2D eigenvalue weighted by molar-refractivity contribution is -0.123. The van der Waals surface area contributed by atoms with Crippen LogP contribution in [0.2, 0.25) is 5.02 Å². The van der Waals surface area contributed by atoms with Crippen LogP contribution in [0.5, 0.6) is 11.5 Å². The highest BCUT2D eigenvalue weighted by molar-refractivity contribution is 6.32. The summed E-state index contributed by atoms with van der Waals surface area (Å²) in [5.74, 6) is -0.798. The Hall–Kier alpha value is -3.91. The summed E-state index contributed by atoms with van der Waals surface area (Å²) in [7, 11) is 0. The summed E-state index contributed by atoms with van der Waals surface area (Å²) in [6, 6.07) is 14.3. The van der Waals surface area contributed by atoms with Crippen LogP contribution in [0.25, 0.3) is 6.08 Å². The average molecular weight is 499 g/mol. The predicted octanol–water partition coefficient (Wildman–Crippen LogP) is 5.69. The smallest absolute Gasteiger partial charge is 0.329 e. The summed E-state index contributed by atoms with van der Waals surface area (Å²) in [5.41, 5.74) is 1.51. The lowest BCUT2D eigenvalue weighted by Crippen LogP contribution is -2.30. The maximum absolute atomic E-state index is 13.9. The Morgan fingerprint density at radius 1 is 1.03 bits per heavy atom. The number of amides is 3. The van der Waals surface area contributed by atoms with Gasteiger partial charge in [0.15, 0.2) is 11.5 Å². The number of ether oxygens (including phenoxy) is 2. The first-order valence-electron chi connectivity index (χ1n) is 10.8. The van der Waals surface area contributed by atoms with Gasteiger partial charge in [0, 0.05) is 5.56 Å². The normalized spacial score (nSPS) is 14.4. The van der Waals surface area contributed by atoms with Crippen molar-refractivity contribution in [3.8, 4) is 11.5 Å². The highest BCUT2D eigenvalue weighted by Crippen LogP contribution is 2.38. The van der Waals surface area contributed by atoms with E-state index in [0.717, 1.165) is 4.90 Å². The molecule has 4 rings (SSSR count). The standard InChI is InChI=1S/C26H21ClF2N2O4/c1-2-34-23-13-17(11-20(27)24(23)35-15-18-5-3-4-6-21(18)29)12-22-25(32)31(26(33)30-22)14-16-7-9-19(28)10-8-16/h3-13H,2,14-15H2,1H3,(H,30,33)/b22-12+. The highest BCUT2D eigenvalue weighted by atomic mass is 35.5. The Bertz CT molecular complexity index is 1300. The second-order valence-electron chi connectivity index (χ2n) is 7.65. The molecule has 1 aliphatic heterocycles. The maximum Gasteiger partial charge on any atom is 0.329 e. The van der Waals surface area contributed by atoms with Crippen molar-refractivity contribution in [2.24, 2.45) is 0 Å². The molecule has 0 bridgehead atoms. The molecule has 0 aromatic heterocycles. The summed E-state index contributed by atoms with van der Waals surface area (Å²) in [5, 5.41) is 2.73. The molecule has 1 heterocycles. The Morgan fingerprint density at radius 2 is 1.77 bits per heavy atom. The molecule has 1 saturated heterocycles. The van der Waals surface area contributed by atoms with E-state index in [1.807, 2.05) is 0 Å². The molecule has 35 heavy (non-hydrogen) atoms.